The molecule has 1 aliphatic rings. The molecule has 0 radical (unpaired) electrons. The molecule has 1 aromatic rings. The van der Waals surface area contributed by atoms with Crippen molar-refractivity contribution in [2.75, 3.05) is 13.1 Å². The zero-order valence-electron chi connectivity index (χ0n) is 11.4. The van der Waals surface area contributed by atoms with E-state index in [0.29, 0.717) is 18.7 Å². The normalized spacial score (nSPS) is 20.5. The Labute approximate surface area is 117 Å². The van der Waals surface area contributed by atoms with Gasteiger partial charge in [0.25, 0.3) is 5.69 Å². The van der Waals surface area contributed by atoms with Crippen molar-refractivity contribution in [1.29, 1.82) is 0 Å². The number of piperidine rings is 1. The first-order valence-electron chi connectivity index (χ1n) is 6.70. The number of hydrogen-bond donors (Lipinski definition) is 1. The van der Waals surface area contributed by atoms with Gasteiger partial charge >= 0.3 is 0 Å². The van der Waals surface area contributed by atoms with Gasteiger partial charge in [-0.05, 0) is 25.3 Å². The number of aliphatic hydroxyl groups excluding tert-OH is 1. The first kappa shape index (κ1) is 14.5. The van der Waals surface area contributed by atoms with Crippen LogP contribution < -0.4 is 0 Å². The smallest absolute Gasteiger partial charge is 0.269 e. The maximum Gasteiger partial charge on any atom is 0.269 e. The molecule has 1 heterocycles. The average Bonchev–Trinajstić information content (AvgIpc) is 2.45. The fourth-order valence-corrected chi connectivity index (χ4v) is 2.48. The first-order valence-corrected chi connectivity index (χ1v) is 6.70. The molecule has 108 valence electrons. The highest BCUT2D eigenvalue weighted by Gasteiger charge is 2.27. The molecule has 0 spiro atoms. The number of hydrogen-bond acceptors (Lipinski definition) is 4. The van der Waals surface area contributed by atoms with E-state index in [9.17, 15) is 20.0 Å². The number of amides is 1. The SMILES string of the molecule is CC(C(=O)N1CCC[C@H](O)C1)c1cccc([N+](=O)[O-])c1. The van der Waals surface area contributed by atoms with Crippen LogP contribution in [0.1, 0.15) is 31.2 Å². The van der Waals surface area contributed by atoms with Gasteiger partial charge in [-0.2, -0.15) is 0 Å². The van der Waals surface area contributed by atoms with Crippen molar-refractivity contribution in [3.05, 3.63) is 39.9 Å². The Morgan fingerprint density at radius 1 is 1.55 bits per heavy atom. The molecule has 0 aliphatic carbocycles. The van der Waals surface area contributed by atoms with Crippen molar-refractivity contribution in [3.8, 4) is 0 Å². The largest absolute Gasteiger partial charge is 0.391 e. The molecular weight excluding hydrogens is 260 g/mol. The van der Waals surface area contributed by atoms with Crippen LogP contribution in [0.4, 0.5) is 5.69 Å². The number of benzene rings is 1. The van der Waals surface area contributed by atoms with Crippen molar-refractivity contribution >= 4 is 11.6 Å². The maximum absolute atomic E-state index is 12.4. The number of carbonyl (C=O) groups excluding carboxylic acids is 1. The Balaban J connectivity index is 2.13. The molecule has 1 unspecified atom stereocenters. The van der Waals surface area contributed by atoms with Gasteiger partial charge in [-0.15, -0.1) is 0 Å². The first-order chi connectivity index (χ1) is 9.49. The fourth-order valence-electron chi connectivity index (χ4n) is 2.48. The summed E-state index contributed by atoms with van der Waals surface area (Å²) in [5.41, 5.74) is 0.616. The van der Waals surface area contributed by atoms with E-state index in [1.807, 2.05) is 0 Å². The number of nitro groups is 1. The quantitative estimate of drug-likeness (QED) is 0.673. The number of rotatable bonds is 3. The van der Waals surface area contributed by atoms with Crippen molar-refractivity contribution < 1.29 is 14.8 Å². The number of nitro benzene ring substituents is 1. The van der Waals surface area contributed by atoms with Crippen LogP contribution in [-0.2, 0) is 4.79 Å². The molecule has 6 nitrogen and oxygen atoms in total. The number of β-amino-alcohol motifs (C(OH)–C–C–N with tert-alkyl or cyclic N) is 1. The van der Waals surface area contributed by atoms with Crippen molar-refractivity contribution in [2.24, 2.45) is 0 Å². The topological polar surface area (TPSA) is 83.7 Å². The van der Waals surface area contributed by atoms with Gasteiger partial charge in [-0.3, -0.25) is 14.9 Å². The lowest BCUT2D eigenvalue weighted by molar-refractivity contribution is -0.384. The molecule has 1 fully saturated rings. The molecule has 1 saturated heterocycles. The molecule has 1 amide bonds. The summed E-state index contributed by atoms with van der Waals surface area (Å²) < 4.78 is 0. The second kappa shape index (κ2) is 6.00. The summed E-state index contributed by atoms with van der Waals surface area (Å²) in [6, 6.07) is 6.15. The fraction of sp³-hybridized carbons (Fsp3) is 0.500. The molecule has 2 atom stereocenters. The van der Waals surface area contributed by atoms with Crippen molar-refractivity contribution in [2.45, 2.75) is 31.8 Å². The highest BCUT2D eigenvalue weighted by atomic mass is 16.6. The van der Waals surface area contributed by atoms with Crippen LogP contribution in [0.5, 0.6) is 0 Å². The van der Waals surface area contributed by atoms with Crippen LogP contribution in [0.2, 0.25) is 0 Å². The van der Waals surface area contributed by atoms with Crippen molar-refractivity contribution in [3.63, 3.8) is 0 Å². The lowest BCUT2D eigenvalue weighted by Crippen LogP contribution is -2.43. The van der Waals surface area contributed by atoms with Crippen LogP contribution in [0.25, 0.3) is 0 Å². The zero-order chi connectivity index (χ0) is 14.7. The molecular formula is C14H18N2O4. The van der Waals surface area contributed by atoms with Gasteiger partial charge in [0.1, 0.15) is 0 Å². The number of likely N-dealkylation sites (tertiary alicyclic amines) is 1. The second-order valence-corrected chi connectivity index (χ2v) is 5.15. The molecule has 1 aromatic carbocycles. The van der Waals surface area contributed by atoms with E-state index in [1.165, 1.54) is 12.1 Å². The summed E-state index contributed by atoms with van der Waals surface area (Å²) in [5.74, 6) is -0.538. The summed E-state index contributed by atoms with van der Waals surface area (Å²) in [4.78, 5) is 24.3. The van der Waals surface area contributed by atoms with Gasteiger partial charge in [-0.25, -0.2) is 0 Å². The van der Waals surface area contributed by atoms with Crippen LogP contribution >= 0.6 is 0 Å². The van der Waals surface area contributed by atoms with Gasteiger partial charge in [0.05, 0.1) is 16.9 Å². The Hall–Kier alpha value is -1.95. The van der Waals surface area contributed by atoms with Crippen LogP contribution in [0.3, 0.4) is 0 Å². The van der Waals surface area contributed by atoms with E-state index >= 15 is 0 Å². The van der Waals surface area contributed by atoms with Gasteiger partial charge in [0, 0.05) is 25.2 Å². The standard InChI is InChI=1S/C14H18N2O4/c1-10(11-4-2-5-12(8-11)16(19)20)14(18)15-7-3-6-13(17)9-15/h2,4-5,8,10,13,17H,3,6-7,9H2,1H3/t10?,13-/m0/s1. The van der Waals surface area contributed by atoms with E-state index in [4.69, 9.17) is 0 Å². The predicted octanol–water partition coefficient (Wildman–Crippen LogP) is 1.68. The minimum atomic E-state index is -0.468. The average molecular weight is 278 g/mol. The summed E-state index contributed by atoms with van der Waals surface area (Å²) >= 11 is 0. The molecule has 0 saturated carbocycles. The third kappa shape index (κ3) is 3.14. The molecule has 0 bridgehead atoms. The molecule has 1 N–H and O–H groups in total. The number of non-ortho nitro benzene ring substituents is 1. The lowest BCUT2D eigenvalue weighted by atomic mass is 9.97. The Bertz CT molecular complexity index is 518. The Morgan fingerprint density at radius 2 is 2.30 bits per heavy atom. The van der Waals surface area contributed by atoms with E-state index in [0.717, 1.165) is 12.8 Å². The highest BCUT2D eigenvalue weighted by Crippen LogP contribution is 2.24. The Morgan fingerprint density at radius 3 is 2.95 bits per heavy atom. The van der Waals surface area contributed by atoms with E-state index in [1.54, 1.807) is 24.0 Å². The van der Waals surface area contributed by atoms with E-state index < -0.39 is 16.9 Å². The number of nitrogens with zero attached hydrogens (tertiary/aromatic N) is 2. The molecule has 0 aromatic heterocycles. The van der Waals surface area contributed by atoms with Crippen LogP contribution in [0, 0.1) is 10.1 Å². The van der Waals surface area contributed by atoms with Crippen LogP contribution in [-0.4, -0.2) is 40.0 Å². The van der Waals surface area contributed by atoms with Gasteiger partial charge in [0.15, 0.2) is 0 Å². The van der Waals surface area contributed by atoms with Crippen molar-refractivity contribution in [1.82, 2.24) is 4.90 Å². The summed E-state index contributed by atoms with van der Waals surface area (Å²) in [5, 5.41) is 20.4. The molecule has 2 rings (SSSR count). The van der Waals surface area contributed by atoms with Gasteiger partial charge in [0.2, 0.25) is 5.91 Å². The minimum absolute atomic E-state index is 0.0131. The van der Waals surface area contributed by atoms with E-state index in [-0.39, 0.29) is 11.6 Å². The highest BCUT2D eigenvalue weighted by molar-refractivity contribution is 5.83. The zero-order valence-corrected chi connectivity index (χ0v) is 11.4. The second-order valence-electron chi connectivity index (χ2n) is 5.15. The minimum Gasteiger partial charge on any atom is -0.391 e. The molecule has 6 heteroatoms. The third-order valence-electron chi connectivity index (χ3n) is 3.66. The number of carbonyl (C=O) groups is 1. The van der Waals surface area contributed by atoms with Crippen LogP contribution in [0.15, 0.2) is 24.3 Å². The summed E-state index contributed by atoms with van der Waals surface area (Å²) in [7, 11) is 0. The summed E-state index contributed by atoms with van der Waals surface area (Å²) in [6.45, 7) is 2.72. The molecule has 1 aliphatic heterocycles. The van der Waals surface area contributed by atoms with Gasteiger partial charge < -0.3 is 10.0 Å². The Kier molecular flexibility index (Phi) is 4.34. The summed E-state index contributed by atoms with van der Waals surface area (Å²) in [6.07, 6.45) is 1.04. The molecule has 20 heavy (non-hydrogen) atoms. The number of aliphatic hydroxyl groups is 1. The third-order valence-corrected chi connectivity index (χ3v) is 3.66. The lowest BCUT2D eigenvalue weighted by Gasteiger charge is -2.32. The maximum atomic E-state index is 12.4. The van der Waals surface area contributed by atoms with E-state index in [2.05, 4.69) is 0 Å². The predicted molar refractivity (Wildman–Crippen MR) is 73.3 cm³/mol. The monoisotopic (exact) mass is 278 g/mol. The van der Waals surface area contributed by atoms with Gasteiger partial charge in [-0.1, -0.05) is 12.1 Å².